The minimum absolute atomic E-state index is 0.0589. The Balaban J connectivity index is 2.07. The van der Waals surface area contributed by atoms with Gasteiger partial charge in [-0.15, -0.1) is 0 Å². The predicted molar refractivity (Wildman–Crippen MR) is 65.3 cm³/mol. The average Bonchev–Trinajstić information content (AvgIpc) is 2.68. The molecule has 2 heteroatoms. The Morgan fingerprint density at radius 2 is 1.75 bits per heavy atom. The fourth-order valence-corrected chi connectivity index (χ4v) is 1.73. The van der Waals surface area contributed by atoms with E-state index in [0.717, 1.165) is 17.9 Å². The van der Waals surface area contributed by atoms with Crippen molar-refractivity contribution in [2.75, 3.05) is 0 Å². The van der Waals surface area contributed by atoms with Crippen LogP contribution in [0.4, 0.5) is 0 Å². The second-order valence-electron chi connectivity index (χ2n) is 4.24. The lowest BCUT2D eigenvalue weighted by Gasteiger charge is -2.08. The van der Waals surface area contributed by atoms with Crippen molar-refractivity contribution >= 4 is 0 Å². The van der Waals surface area contributed by atoms with E-state index in [1.165, 1.54) is 11.1 Å². The molecule has 1 aromatic carbocycles. The Morgan fingerprint density at radius 1 is 1.06 bits per heavy atom. The monoisotopic (exact) mass is 215 g/mol. The highest BCUT2D eigenvalue weighted by Crippen LogP contribution is 2.18. The second kappa shape index (κ2) is 4.54. The zero-order valence-corrected chi connectivity index (χ0v) is 9.73. The van der Waals surface area contributed by atoms with Gasteiger partial charge in [0.1, 0.15) is 11.5 Å². The lowest BCUT2D eigenvalue weighted by molar-refractivity contribution is 0.445. The van der Waals surface area contributed by atoms with Crippen molar-refractivity contribution in [2.24, 2.45) is 5.73 Å². The van der Waals surface area contributed by atoms with Gasteiger partial charge in [0.05, 0.1) is 6.04 Å². The molecular formula is C14H17NO. The van der Waals surface area contributed by atoms with Gasteiger partial charge in [-0.05, 0) is 38.0 Å². The van der Waals surface area contributed by atoms with Crippen LogP contribution in [0.2, 0.25) is 0 Å². The van der Waals surface area contributed by atoms with E-state index in [9.17, 15) is 0 Å². The highest BCUT2D eigenvalue weighted by molar-refractivity contribution is 5.23. The molecule has 0 spiro atoms. The topological polar surface area (TPSA) is 39.2 Å². The molecule has 0 saturated carbocycles. The third kappa shape index (κ3) is 2.52. The Labute approximate surface area is 96.1 Å². The van der Waals surface area contributed by atoms with Crippen LogP contribution in [0.15, 0.2) is 40.8 Å². The summed E-state index contributed by atoms with van der Waals surface area (Å²) in [4.78, 5) is 0. The van der Waals surface area contributed by atoms with Crippen molar-refractivity contribution in [2.45, 2.75) is 26.3 Å². The molecule has 2 aromatic rings. The normalized spacial score (nSPS) is 12.7. The summed E-state index contributed by atoms with van der Waals surface area (Å²) in [6.07, 6.45) is 0.813. The van der Waals surface area contributed by atoms with Gasteiger partial charge >= 0.3 is 0 Å². The Morgan fingerprint density at radius 3 is 2.31 bits per heavy atom. The van der Waals surface area contributed by atoms with Crippen molar-refractivity contribution in [3.63, 3.8) is 0 Å². The van der Waals surface area contributed by atoms with E-state index in [1.54, 1.807) is 0 Å². The maximum absolute atomic E-state index is 6.08. The van der Waals surface area contributed by atoms with Crippen molar-refractivity contribution in [3.8, 4) is 0 Å². The number of hydrogen-bond donors (Lipinski definition) is 1. The molecule has 0 aliphatic heterocycles. The van der Waals surface area contributed by atoms with Crippen LogP contribution < -0.4 is 5.73 Å². The van der Waals surface area contributed by atoms with E-state index in [4.69, 9.17) is 10.2 Å². The summed E-state index contributed by atoms with van der Waals surface area (Å²) < 4.78 is 5.52. The number of hydrogen-bond acceptors (Lipinski definition) is 2. The van der Waals surface area contributed by atoms with E-state index >= 15 is 0 Å². The van der Waals surface area contributed by atoms with Gasteiger partial charge in [-0.25, -0.2) is 0 Å². The molecule has 0 aliphatic rings. The molecule has 0 saturated heterocycles. The summed E-state index contributed by atoms with van der Waals surface area (Å²) in [5.74, 6) is 1.77. The molecule has 16 heavy (non-hydrogen) atoms. The summed E-state index contributed by atoms with van der Waals surface area (Å²) >= 11 is 0. The number of nitrogens with two attached hydrogens (primary N) is 1. The lowest BCUT2D eigenvalue weighted by Crippen LogP contribution is -2.12. The van der Waals surface area contributed by atoms with Crippen molar-refractivity contribution in [1.29, 1.82) is 0 Å². The molecule has 2 nitrogen and oxygen atoms in total. The highest BCUT2D eigenvalue weighted by Gasteiger charge is 2.10. The first-order valence-corrected chi connectivity index (χ1v) is 5.52. The summed E-state index contributed by atoms with van der Waals surface area (Å²) in [5.41, 5.74) is 8.60. The summed E-state index contributed by atoms with van der Waals surface area (Å²) in [7, 11) is 0. The van der Waals surface area contributed by atoms with Crippen LogP contribution >= 0.6 is 0 Å². The molecule has 2 N–H and O–H groups in total. The molecule has 1 aromatic heterocycles. The van der Waals surface area contributed by atoms with Crippen LogP contribution in [0.3, 0.4) is 0 Å². The molecule has 1 atom stereocenters. The maximum Gasteiger partial charge on any atom is 0.121 e. The number of furan rings is 1. The molecule has 0 radical (unpaired) electrons. The third-order valence-corrected chi connectivity index (χ3v) is 2.70. The standard InChI is InChI=1S/C14H17NO/c1-10-3-6-12(7-4-10)9-13(15)14-8-5-11(2)16-14/h3-8,13H,9,15H2,1-2H3. The molecular weight excluding hydrogens is 198 g/mol. The third-order valence-electron chi connectivity index (χ3n) is 2.70. The Kier molecular flexibility index (Phi) is 3.11. The first-order valence-electron chi connectivity index (χ1n) is 5.52. The number of benzene rings is 1. The quantitative estimate of drug-likeness (QED) is 0.854. The van der Waals surface area contributed by atoms with Crippen LogP contribution in [0.25, 0.3) is 0 Å². The van der Waals surface area contributed by atoms with Gasteiger partial charge in [0.2, 0.25) is 0 Å². The van der Waals surface area contributed by atoms with Crippen LogP contribution in [0.5, 0.6) is 0 Å². The van der Waals surface area contributed by atoms with Crippen molar-refractivity contribution < 1.29 is 4.42 Å². The van der Waals surface area contributed by atoms with Gasteiger partial charge in [0.15, 0.2) is 0 Å². The van der Waals surface area contributed by atoms with Gasteiger partial charge in [-0.3, -0.25) is 0 Å². The van der Waals surface area contributed by atoms with Crippen LogP contribution in [0, 0.1) is 13.8 Å². The van der Waals surface area contributed by atoms with Crippen LogP contribution in [0.1, 0.15) is 28.7 Å². The van der Waals surface area contributed by atoms with E-state index < -0.39 is 0 Å². The molecule has 0 aliphatic carbocycles. The first kappa shape index (κ1) is 11.0. The van der Waals surface area contributed by atoms with E-state index in [2.05, 4.69) is 31.2 Å². The van der Waals surface area contributed by atoms with Gasteiger partial charge in [0, 0.05) is 0 Å². The van der Waals surface area contributed by atoms with Gasteiger partial charge in [0.25, 0.3) is 0 Å². The SMILES string of the molecule is Cc1ccc(CC(N)c2ccc(C)o2)cc1. The summed E-state index contributed by atoms with van der Waals surface area (Å²) in [5, 5.41) is 0. The fourth-order valence-electron chi connectivity index (χ4n) is 1.73. The number of aryl methyl sites for hydroxylation is 2. The number of rotatable bonds is 3. The largest absolute Gasteiger partial charge is 0.465 e. The Bertz CT molecular complexity index is 456. The fraction of sp³-hybridized carbons (Fsp3) is 0.286. The predicted octanol–water partition coefficient (Wildman–Crippen LogP) is 3.14. The molecule has 1 unspecified atom stereocenters. The maximum atomic E-state index is 6.08. The summed E-state index contributed by atoms with van der Waals surface area (Å²) in [6, 6.07) is 12.3. The molecule has 84 valence electrons. The van der Waals surface area contributed by atoms with Gasteiger partial charge < -0.3 is 10.2 Å². The highest BCUT2D eigenvalue weighted by atomic mass is 16.3. The first-order chi connectivity index (χ1) is 7.65. The zero-order chi connectivity index (χ0) is 11.5. The molecule has 0 bridgehead atoms. The molecule has 2 rings (SSSR count). The van der Waals surface area contributed by atoms with Crippen molar-refractivity contribution in [1.82, 2.24) is 0 Å². The zero-order valence-electron chi connectivity index (χ0n) is 9.73. The second-order valence-corrected chi connectivity index (χ2v) is 4.24. The van der Waals surface area contributed by atoms with E-state index in [-0.39, 0.29) is 6.04 Å². The van der Waals surface area contributed by atoms with Gasteiger partial charge in [-0.2, -0.15) is 0 Å². The Hall–Kier alpha value is -1.54. The van der Waals surface area contributed by atoms with Gasteiger partial charge in [-0.1, -0.05) is 29.8 Å². The summed E-state index contributed by atoms with van der Waals surface area (Å²) in [6.45, 7) is 4.02. The molecule has 1 heterocycles. The van der Waals surface area contributed by atoms with E-state index in [0.29, 0.717) is 0 Å². The smallest absolute Gasteiger partial charge is 0.121 e. The van der Waals surface area contributed by atoms with Crippen molar-refractivity contribution in [3.05, 3.63) is 59.0 Å². The van der Waals surface area contributed by atoms with Crippen LogP contribution in [-0.2, 0) is 6.42 Å². The molecule has 0 fully saturated rings. The van der Waals surface area contributed by atoms with Crippen LogP contribution in [-0.4, -0.2) is 0 Å². The minimum Gasteiger partial charge on any atom is -0.465 e. The minimum atomic E-state index is -0.0589. The van der Waals surface area contributed by atoms with E-state index in [1.807, 2.05) is 19.1 Å². The average molecular weight is 215 g/mol. The molecule has 0 amide bonds. The lowest BCUT2D eigenvalue weighted by atomic mass is 10.0.